The van der Waals surface area contributed by atoms with Crippen LogP contribution in [0.5, 0.6) is 0 Å². The number of carboxylic acid groups (broad SMARTS) is 1. The van der Waals surface area contributed by atoms with Crippen molar-refractivity contribution in [3.8, 4) is 0 Å². The number of rotatable bonds is 10. The van der Waals surface area contributed by atoms with Crippen LogP contribution in [0.25, 0.3) is 0 Å². The molecule has 0 saturated carbocycles. The zero-order valence-electron chi connectivity index (χ0n) is 12.7. The highest BCUT2D eigenvalue weighted by molar-refractivity contribution is 6.35. The van der Waals surface area contributed by atoms with E-state index in [1.807, 2.05) is 18.2 Å². The van der Waals surface area contributed by atoms with Crippen molar-refractivity contribution < 1.29 is 19.5 Å². The van der Waals surface area contributed by atoms with E-state index in [0.29, 0.717) is 13.0 Å². The van der Waals surface area contributed by atoms with Gasteiger partial charge in [0.05, 0.1) is 6.61 Å². The molecule has 0 aromatic heterocycles. The molecule has 1 aliphatic heterocycles. The highest BCUT2D eigenvalue weighted by atomic mass is 16.6. The van der Waals surface area contributed by atoms with Gasteiger partial charge in [-0.05, 0) is 24.8 Å². The lowest BCUT2D eigenvalue weighted by atomic mass is 10.1. The topological polar surface area (TPSA) is 68.1 Å². The number of nitrogens with zero attached hydrogens (tertiary/aromatic N) is 1. The first-order valence-corrected chi connectivity index (χ1v) is 7.83. The Balaban J connectivity index is 1.41. The van der Waals surface area contributed by atoms with Crippen molar-refractivity contribution in [3.05, 3.63) is 35.9 Å². The zero-order chi connectivity index (χ0) is 15.6. The first-order valence-electron chi connectivity index (χ1n) is 7.83. The molecule has 120 valence electrons. The first-order chi connectivity index (χ1) is 10.8. The summed E-state index contributed by atoms with van der Waals surface area (Å²) in [6.07, 6.45) is 5.55. The van der Waals surface area contributed by atoms with Crippen LogP contribution in [-0.4, -0.2) is 29.5 Å². The summed E-state index contributed by atoms with van der Waals surface area (Å²) in [5.41, 5.74) is 1.34. The van der Waals surface area contributed by atoms with E-state index in [1.165, 1.54) is 5.56 Å². The van der Waals surface area contributed by atoms with E-state index >= 15 is 0 Å². The molecule has 1 unspecified atom stereocenters. The van der Waals surface area contributed by atoms with Crippen molar-refractivity contribution in [2.24, 2.45) is 5.16 Å². The summed E-state index contributed by atoms with van der Waals surface area (Å²) >= 11 is 0. The number of carboxylic acids is 1. The molecule has 0 radical (unpaired) electrons. The molecule has 22 heavy (non-hydrogen) atoms. The van der Waals surface area contributed by atoms with Crippen LogP contribution in [0.1, 0.15) is 44.1 Å². The van der Waals surface area contributed by atoms with Crippen molar-refractivity contribution in [1.82, 2.24) is 0 Å². The summed E-state index contributed by atoms with van der Waals surface area (Å²) in [5, 5.41) is 12.4. The van der Waals surface area contributed by atoms with Crippen LogP contribution in [0.4, 0.5) is 0 Å². The summed E-state index contributed by atoms with van der Waals surface area (Å²) in [6, 6.07) is 10.2. The second-order valence-electron chi connectivity index (χ2n) is 5.52. The number of aliphatic carboxylic acids is 1. The average Bonchev–Trinajstić information content (AvgIpc) is 3.00. The summed E-state index contributed by atoms with van der Waals surface area (Å²) in [6.45, 7) is 1.45. The van der Waals surface area contributed by atoms with E-state index in [2.05, 4.69) is 17.3 Å². The molecule has 1 heterocycles. The second kappa shape index (κ2) is 9.20. The molecule has 0 saturated heterocycles. The number of hydrogen-bond donors (Lipinski definition) is 1. The maximum Gasteiger partial charge on any atom is 0.353 e. The summed E-state index contributed by atoms with van der Waals surface area (Å²) in [7, 11) is 0. The fourth-order valence-corrected chi connectivity index (χ4v) is 2.40. The van der Waals surface area contributed by atoms with E-state index in [1.54, 1.807) is 0 Å². The van der Waals surface area contributed by atoms with Crippen molar-refractivity contribution >= 4 is 11.7 Å². The van der Waals surface area contributed by atoms with Gasteiger partial charge in [-0.1, -0.05) is 48.3 Å². The Morgan fingerprint density at radius 3 is 2.73 bits per heavy atom. The molecule has 1 N–H and O–H groups in total. The zero-order valence-corrected chi connectivity index (χ0v) is 12.7. The van der Waals surface area contributed by atoms with Gasteiger partial charge in [0.2, 0.25) is 0 Å². The van der Waals surface area contributed by atoms with Gasteiger partial charge in [-0.3, -0.25) is 0 Å². The van der Waals surface area contributed by atoms with Gasteiger partial charge in [0.1, 0.15) is 6.10 Å². The van der Waals surface area contributed by atoms with Crippen LogP contribution in [0.15, 0.2) is 35.5 Å². The summed E-state index contributed by atoms with van der Waals surface area (Å²) < 4.78 is 5.63. The molecular formula is C17H23NO4. The van der Waals surface area contributed by atoms with Gasteiger partial charge in [-0.2, -0.15) is 0 Å². The van der Waals surface area contributed by atoms with Crippen molar-refractivity contribution in [2.75, 3.05) is 6.61 Å². The van der Waals surface area contributed by atoms with Crippen LogP contribution < -0.4 is 0 Å². The molecule has 1 aliphatic rings. The van der Waals surface area contributed by atoms with Crippen LogP contribution >= 0.6 is 0 Å². The van der Waals surface area contributed by atoms with Gasteiger partial charge in [0.25, 0.3) is 0 Å². The molecular weight excluding hydrogens is 282 g/mol. The third-order valence-electron chi connectivity index (χ3n) is 3.66. The van der Waals surface area contributed by atoms with Gasteiger partial charge < -0.3 is 14.7 Å². The molecule has 0 aliphatic carbocycles. The number of hydrogen-bond acceptors (Lipinski definition) is 4. The van der Waals surface area contributed by atoms with Crippen LogP contribution in [0.3, 0.4) is 0 Å². The molecule has 1 aromatic carbocycles. The average molecular weight is 305 g/mol. The largest absolute Gasteiger partial charge is 0.477 e. The third kappa shape index (κ3) is 5.85. The quantitative estimate of drug-likeness (QED) is 0.673. The van der Waals surface area contributed by atoms with Crippen LogP contribution in [0, 0.1) is 0 Å². The lowest BCUT2D eigenvalue weighted by Crippen LogP contribution is -2.14. The standard InChI is InChI=1S/C17H23NO4/c19-17(20)16-12-15(22-18-16)10-6-1-2-7-11-21-13-14-8-4-3-5-9-14/h3-5,8-9,15H,1-2,6-7,10-13H2,(H,19,20). The highest BCUT2D eigenvalue weighted by Gasteiger charge is 2.24. The lowest BCUT2D eigenvalue weighted by molar-refractivity contribution is -0.129. The number of benzene rings is 1. The Kier molecular flexibility index (Phi) is 6.90. The smallest absolute Gasteiger partial charge is 0.353 e. The minimum absolute atomic E-state index is 0.0552. The van der Waals surface area contributed by atoms with Crippen LogP contribution in [0.2, 0.25) is 0 Å². The Labute approximate surface area is 130 Å². The van der Waals surface area contributed by atoms with Crippen molar-refractivity contribution in [3.63, 3.8) is 0 Å². The van der Waals surface area contributed by atoms with E-state index in [9.17, 15) is 4.79 Å². The molecule has 0 spiro atoms. The first kappa shape index (κ1) is 16.5. The van der Waals surface area contributed by atoms with Crippen molar-refractivity contribution in [2.45, 2.75) is 51.2 Å². The number of oxime groups is 1. The minimum Gasteiger partial charge on any atom is -0.477 e. The maximum absolute atomic E-state index is 10.7. The monoisotopic (exact) mass is 305 g/mol. The SMILES string of the molecule is O=C(O)C1=NOC(CCCCCCOCc2ccccc2)C1. The lowest BCUT2D eigenvalue weighted by Gasteiger charge is -2.07. The van der Waals surface area contributed by atoms with Gasteiger partial charge in [0, 0.05) is 13.0 Å². The normalized spacial score (nSPS) is 17.1. The predicted molar refractivity (Wildman–Crippen MR) is 83.7 cm³/mol. The Bertz CT molecular complexity index is 487. The van der Waals surface area contributed by atoms with Crippen LogP contribution in [-0.2, 0) is 21.0 Å². The van der Waals surface area contributed by atoms with Gasteiger partial charge in [0.15, 0.2) is 5.71 Å². The fourth-order valence-electron chi connectivity index (χ4n) is 2.40. The van der Waals surface area contributed by atoms with Gasteiger partial charge in [-0.25, -0.2) is 4.79 Å². The minimum atomic E-state index is -0.974. The van der Waals surface area contributed by atoms with E-state index in [0.717, 1.165) is 38.7 Å². The summed E-state index contributed by atoms with van der Waals surface area (Å²) in [5.74, 6) is -0.974. The van der Waals surface area contributed by atoms with E-state index < -0.39 is 5.97 Å². The second-order valence-corrected chi connectivity index (χ2v) is 5.52. The Morgan fingerprint density at radius 1 is 1.23 bits per heavy atom. The Hall–Kier alpha value is -1.88. The number of unbranched alkanes of at least 4 members (excludes halogenated alkanes) is 3. The molecule has 2 rings (SSSR count). The molecule has 0 bridgehead atoms. The van der Waals surface area contributed by atoms with Gasteiger partial charge >= 0.3 is 5.97 Å². The molecule has 1 aromatic rings. The molecule has 0 amide bonds. The maximum atomic E-state index is 10.7. The summed E-state index contributed by atoms with van der Waals surface area (Å²) in [4.78, 5) is 15.8. The molecule has 5 heteroatoms. The van der Waals surface area contributed by atoms with Crippen molar-refractivity contribution in [1.29, 1.82) is 0 Å². The molecule has 1 atom stereocenters. The Morgan fingerprint density at radius 2 is 2.00 bits per heavy atom. The number of carbonyl (C=O) groups is 1. The number of ether oxygens (including phenoxy) is 1. The van der Waals surface area contributed by atoms with E-state index in [-0.39, 0.29) is 11.8 Å². The predicted octanol–water partition coefficient (Wildman–Crippen LogP) is 3.38. The van der Waals surface area contributed by atoms with E-state index in [4.69, 9.17) is 14.7 Å². The molecule has 5 nitrogen and oxygen atoms in total. The molecule has 0 fully saturated rings. The highest BCUT2D eigenvalue weighted by Crippen LogP contribution is 2.17. The van der Waals surface area contributed by atoms with Gasteiger partial charge in [-0.15, -0.1) is 0 Å². The third-order valence-corrected chi connectivity index (χ3v) is 3.66. The fraction of sp³-hybridized carbons (Fsp3) is 0.529.